The highest BCUT2D eigenvalue weighted by Crippen LogP contribution is 2.35. The predicted octanol–water partition coefficient (Wildman–Crippen LogP) is 4.05. The number of nitriles is 1. The first-order valence-corrected chi connectivity index (χ1v) is 10.6. The zero-order chi connectivity index (χ0) is 19.2. The van der Waals surface area contributed by atoms with E-state index in [-0.39, 0.29) is 0 Å². The van der Waals surface area contributed by atoms with Crippen LogP contribution in [0.15, 0.2) is 36.4 Å². The van der Waals surface area contributed by atoms with Gasteiger partial charge in [0.05, 0.1) is 16.9 Å². The number of rotatable bonds is 2. The molecule has 5 rings (SSSR count). The number of nitrogens with zero attached hydrogens (tertiary/aromatic N) is 7. The van der Waals surface area contributed by atoms with E-state index >= 15 is 0 Å². The lowest BCUT2D eigenvalue weighted by Gasteiger charge is -2.10. The summed E-state index contributed by atoms with van der Waals surface area (Å²) in [6.07, 6.45) is 15.3. The molecule has 144 valence electrons. The molecule has 0 spiro atoms. The van der Waals surface area contributed by atoms with Gasteiger partial charge in [-0.15, -0.1) is 16.4 Å². The van der Waals surface area contributed by atoms with Gasteiger partial charge in [-0.25, -0.2) is 9.67 Å². The number of aryl methyl sites for hydroxylation is 2. The Morgan fingerprint density at radius 1 is 1.07 bits per heavy atom. The third kappa shape index (κ3) is 4.20. The van der Waals surface area contributed by atoms with Gasteiger partial charge in [0.2, 0.25) is 0 Å². The second-order valence-electron chi connectivity index (χ2n) is 7.03. The van der Waals surface area contributed by atoms with Gasteiger partial charge in [0.15, 0.2) is 5.82 Å². The molecule has 0 atom stereocenters. The summed E-state index contributed by atoms with van der Waals surface area (Å²) in [4.78, 5) is 6.07. The molecule has 1 saturated carbocycles. The predicted molar refractivity (Wildman–Crippen MR) is 107 cm³/mol. The first-order valence-electron chi connectivity index (χ1n) is 9.81. The maximum absolute atomic E-state index is 8.95. The molecule has 0 aromatic carbocycles. The zero-order valence-corrected chi connectivity index (χ0v) is 16.6. The molecule has 8 heteroatoms. The van der Waals surface area contributed by atoms with Crippen molar-refractivity contribution in [3.8, 4) is 6.07 Å². The van der Waals surface area contributed by atoms with Crippen LogP contribution in [-0.2, 0) is 13.0 Å². The van der Waals surface area contributed by atoms with Crippen LogP contribution < -0.4 is 0 Å². The Hall–Kier alpha value is -2.79. The molecule has 1 aliphatic heterocycles. The fourth-order valence-corrected chi connectivity index (χ4v) is 4.64. The summed E-state index contributed by atoms with van der Waals surface area (Å²) in [5, 5.41) is 20.4. The molecule has 0 saturated heterocycles. The van der Waals surface area contributed by atoms with Crippen LogP contribution in [0.4, 0.5) is 0 Å². The largest absolute Gasteiger partial charge is 0.305 e. The van der Waals surface area contributed by atoms with E-state index in [0.29, 0.717) is 0 Å². The minimum absolute atomic E-state index is 0.765. The van der Waals surface area contributed by atoms with E-state index in [1.807, 2.05) is 29.3 Å². The normalized spacial score (nSPS) is 15.9. The average molecular weight is 394 g/mol. The highest BCUT2D eigenvalue weighted by molar-refractivity contribution is 7.13. The molecule has 3 aromatic heterocycles. The van der Waals surface area contributed by atoms with Crippen LogP contribution in [0.3, 0.4) is 0 Å². The Bertz CT molecular complexity index is 946. The van der Waals surface area contributed by atoms with E-state index in [9.17, 15) is 0 Å². The number of imidazole rings is 1. The van der Waals surface area contributed by atoms with Crippen molar-refractivity contribution < 1.29 is 0 Å². The van der Waals surface area contributed by atoms with Crippen molar-refractivity contribution in [2.75, 3.05) is 0 Å². The molecule has 2 aliphatic rings. The number of hydrogen-bond donors (Lipinski definition) is 0. The van der Waals surface area contributed by atoms with Crippen molar-refractivity contribution >= 4 is 17.0 Å². The van der Waals surface area contributed by atoms with Crippen LogP contribution in [0, 0.1) is 11.3 Å². The summed E-state index contributed by atoms with van der Waals surface area (Å²) in [6.45, 7) is 1.00. The molecule has 1 fully saturated rings. The van der Waals surface area contributed by atoms with Gasteiger partial charge in [-0.05, 0) is 66.7 Å². The van der Waals surface area contributed by atoms with Gasteiger partial charge in [0.25, 0.3) is 0 Å². The molecule has 7 nitrogen and oxygen atoms in total. The van der Waals surface area contributed by atoms with Crippen molar-refractivity contribution in [3.05, 3.63) is 52.0 Å². The summed E-state index contributed by atoms with van der Waals surface area (Å²) < 4.78 is 3.99. The number of allylic oxidation sites excluding steroid dienone is 1. The molecule has 28 heavy (non-hydrogen) atoms. The fourth-order valence-electron chi connectivity index (χ4n) is 3.74. The van der Waals surface area contributed by atoms with E-state index in [2.05, 4.69) is 31.1 Å². The van der Waals surface area contributed by atoms with Gasteiger partial charge < -0.3 is 4.57 Å². The Kier molecular flexibility index (Phi) is 5.92. The summed E-state index contributed by atoms with van der Waals surface area (Å²) in [5.41, 5.74) is 2.72. The molecule has 3 aromatic rings. The van der Waals surface area contributed by atoms with E-state index in [1.54, 1.807) is 17.5 Å². The van der Waals surface area contributed by atoms with Crippen molar-refractivity contribution in [2.45, 2.75) is 57.9 Å². The molecule has 0 amide bonds. The third-order valence-corrected chi connectivity index (χ3v) is 6.13. The summed E-state index contributed by atoms with van der Waals surface area (Å²) in [6, 6.07) is 6.15. The smallest absolute Gasteiger partial charge is 0.151 e. The molecule has 0 unspecified atom stereocenters. The van der Waals surface area contributed by atoms with E-state index in [1.165, 1.54) is 48.3 Å². The fraction of sp³-hybridized carbons (Fsp3) is 0.450. The Labute approximate surface area is 168 Å². The lowest BCUT2D eigenvalue weighted by Crippen LogP contribution is -2.02. The molecule has 4 heterocycles. The Morgan fingerprint density at radius 3 is 2.68 bits per heavy atom. The summed E-state index contributed by atoms with van der Waals surface area (Å²) in [7, 11) is 0. The van der Waals surface area contributed by atoms with Crippen LogP contribution in [0.25, 0.3) is 5.70 Å². The quantitative estimate of drug-likeness (QED) is 0.656. The van der Waals surface area contributed by atoms with Crippen LogP contribution >= 0.6 is 11.3 Å². The lowest BCUT2D eigenvalue weighted by molar-refractivity contribution is 0.556. The Morgan fingerprint density at radius 2 is 1.93 bits per heavy atom. The van der Waals surface area contributed by atoms with Gasteiger partial charge in [0, 0.05) is 25.4 Å². The van der Waals surface area contributed by atoms with Crippen molar-refractivity contribution in [1.29, 1.82) is 5.26 Å². The summed E-state index contributed by atoms with van der Waals surface area (Å²) >= 11 is 1.56. The van der Waals surface area contributed by atoms with Crippen molar-refractivity contribution in [3.63, 3.8) is 0 Å². The number of aromatic nitrogens is 6. The molecule has 1 aliphatic carbocycles. The van der Waals surface area contributed by atoms with Crippen LogP contribution in [0.1, 0.15) is 60.5 Å². The van der Waals surface area contributed by atoms with Gasteiger partial charge in [-0.3, -0.25) is 0 Å². The van der Waals surface area contributed by atoms with Gasteiger partial charge >= 0.3 is 0 Å². The molecule has 0 radical (unpaired) electrons. The monoisotopic (exact) mass is 393 g/mol. The first kappa shape index (κ1) is 18.6. The number of fused-ring (bicyclic) bond motifs is 1. The Balaban J connectivity index is 0.000000162. The van der Waals surface area contributed by atoms with E-state index in [0.717, 1.165) is 36.5 Å². The zero-order valence-electron chi connectivity index (χ0n) is 15.8. The minimum Gasteiger partial charge on any atom is -0.305 e. The maximum Gasteiger partial charge on any atom is 0.151 e. The molecular formula is C20H23N7S. The highest BCUT2D eigenvalue weighted by Gasteiger charge is 2.17. The van der Waals surface area contributed by atoms with Crippen LogP contribution in [-0.4, -0.2) is 29.8 Å². The number of hydrogen-bond acceptors (Lipinski definition) is 6. The highest BCUT2D eigenvalue weighted by atomic mass is 32.1. The van der Waals surface area contributed by atoms with Gasteiger partial charge in [0.1, 0.15) is 10.9 Å². The number of thiophene rings is 1. The topological polar surface area (TPSA) is 85.2 Å². The minimum atomic E-state index is 0.765. The van der Waals surface area contributed by atoms with Crippen LogP contribution in [0.5, 0.6) is 0 Å². The van der Waals surface area contributed by atoms with Crippen molar-refractivity contribution in [2.24, 2.45) is 0 Å². The maximum atomic E-state index is 8.95. The third-order valence-electron chi connectivity index (χ3n) is 5.13. The second kappa shape index (κ2) is 8.93. The SMILES string of the molecule is C1CCc2nnnn2CC1.N#Cc1ccc(C(=C2CCCC2)n2ccnc2)s1. The molecular weight excluding hydrogens is 370 g/mol. The molecule has 0 N–H and O–H groups in total. The first-order chi connectivity index (χ1) is 13.8. The second-order valence-corrected chi connectivity index (χ2v) is 8.12. The van der Waals surface area contributed by atoms with Gasteiger partial charge in [-0.1, -0.05) is 6.42 Å². The van der Waals surface area contributed by atoms with E-state index < -0.39 is 0 Å². The van der Waals surface area contributed by atoms with Crippen molar-refractivity contribution in [1.82, 2.24) is 29.8 Å². The van der Waals surface area contributed by atoms with Crippen LogP contribution in [0.2, 0.25) is 0 Å². The standard InChI is InChI=1S/C14H13N3S.C6H10N4/c15-9-12-5-6-13(18-12)14(11-3-1-2-4-11)17-8-7-16-10-17;1-2-4-6-7-8-9-10(6)5-3-1/h5-8,10H,1-4H2;1-5H2. The van der Waals surface area contributed by atoms with E-state index in [4.69, 9.17) is 5.26 Å². The lowest BCUT2D eigenvalue weighted by atomic mass is 10.1. The van der Waals surface area contributed by atoms with Gasteiger partial charge in [-0.2, -0.15) is 5.26 Å². The number of tetrazole rings is 1. The molecule has 0 bridgehead atoms. The summed E-state index contributed by atoms with van der Waals surface area (Å²) in [5.74, 6) is 1.05. The average Bonchev–Trinajstić information content (AvgIpc) is 3.52.